The predicted molar refractivity (Wildman–Crippen MR) is 114 cm³/mol. The number of fused-ring (bicyclic) bond motifs is 1. The summed E-state index contributed by atoms with van der Waals surface area (Å²) in [6.45, 7) is 5.81. The third kappa shape index (κ3) is 4.11. The maximum Gasteiger partial charge on any atom is 0.248 e. The van der Waals surface area contributed by atoms with Crippen LogP contribution in [0.3, 0.4) is 0 Å². The third-order valence-electron chi connectivity index (χ3n) is 6.16. The Morgan fingerprint density at radius 3 is 2.75 bits per heavy atom. The maximum atomic E-state index is 13.2. The number of nitrogens with zero attached hydrogens (tertiary/aromatic N) is 6. The summed E-state index contributed by atoms with van der Waals surface area (Å²) in [5, 5.41) is 4.93. The number of morpholine rings is 1. The van der Waals surface area contributed by atoms with E-state index in [1.807, 2.05) is 38.1 Å². The molecule has 0 aromatic carbocycles. The molecule has 10 heteroatoms. The van der Waals surface area contributed by atoms with Crippen molar-refractivity contribution in [2.24, 2.45) is 13.0 Å². The molecule has 0 bridgehead atoms. The van der Waals surface area contributed by atoms with Gasteiger partial charge in [-0.05, 0) is 25.5 Å². The van der Waals surface area contributed by atoms with Crippen molar-refractivity contribution in [2.75, 3.05) is 31.2 Å². The van der Waals surface area contributed by atoms with E-state index in [9.17, 15) is 8.78 Å². The van der Waals surface area contributed by atoms with E-state index >= 15 is 0 Å². The summed E-state index contributed by atoms with van der Waals surface area (Å²) in [5.74, 6) is -1.85. The molecule has 0 radical (unpaired) electrons. The van der Waals surface area contributed by atoms with Crippen molar-refractivity contribution < 1.29 is 18.3 Å². The van der Waals surface area contributed by atoms with Gasteiger partial charge in [-0.15, -0.1) is 0 Å². The van der Waals surface area contributed by atoms with E-state index in [1.54, 1.807) is 10.9 Å². The van der Waals surface area contributed by atoms with Crippen molar-refractivity contribution in [1.29, 1.82) is 0 Å². The van der Waals surface area contributed by atoms with E-state index in [4.69, 9.17) is 14.5 Å². The molecule has 1 saturated carbocycles. The first-order valence-electron chi connectivity index (χ1n) is 10.8. The molecule has 1 saturated heterocycles. The van der Waals surface area contributed by atoms with E-state index in [0.717, 1.165) is 16.8 Å². The Hall–Kier alpha value is -2.88. The molecule has 0 amide bonds. The van der Waals surface area contributed by atoms with Crippen LogP contribution >= 0.6 is 0 Å². The van der Waals surface area contributed by atoms with Gasteiger partial charge in [-0.2, -0.15) is 15.1 Å². The van der Waals surface area contributed by atoms with Crippen LogP contribution in [-0.4, -0.2) is 57.0 Å². The van der Waals surface area contributed by atoms with E-state index < -0.39 is 5.92 Å². The molecule has 1 aliphatic heterocycles. The van der Waals surface area contributed by atoms with Gasteiger partial charge in [0.25, 0.3) is 0 Å². The second-order valence-electron chi connectivity index (χ2n) is 8.78. The minimum Gasteiger partial charge on any atom is -0.477 e. The molecular weight excluding hydrogens is 418 g/mol. The highest BCUT2D eigenvalue weighted by Gasteiger charge is 2.45. The van der Waals surface area contributed by atoms with Crippen molar-refractivity contribution >= 4 is 17.0 Å². The van der Waals surface area contributed by atoms with Crippen molar-refractivity contribution in [3.05, 3.63) is 35.3 Å². The van der Waals surface area contributed by atoms with Crippen LogP contribution in [0.15, 0.2) is 18.5 Å². The van der Waals surface area contributed by atoms with Crippen molar-refractivity contribution in [3.63, 3.8) is 0 Å². The Bertz CT molecular complexity index is 1140. The number of anilines is 1. The number of ether oxygens (including phenoxy) is 2. The molecule has 5 rings (SSSR count). The quantitative estimate of drug-likeness (QED) is 0.597. The highest BCUT2D eigenvalue weighted by atomic mass is 19.3. The molecule has 8 nitrogen and oxygen atoms in total. The van der Waals surface area contributed by atoms with Crippen LogP contribution in [0.2, 0.25) is 0 Å². The fourth-order valence-electron chi connectivity index (χ4n) is 4.20. The smallest absolute Gasteiger partial charge is 0.248 e. The zero-order valence-corrected chi connectivity index (χ0v) is 18.4. The van der Waals surface area contributed by atoms with Crippen LogP contribution in [0.5, 0.6) is 5.88 Å². The van der Waals surface area contributed by atoms with E-state index in [0.29, 0.717) is 42.6 Å². The van der Waals surface area contributed by atoms with Gasteiger partial charge in [0.05, 0.1) is 31.3 Å². The molecule has 3 aromatic heterocycles. The van der Waals surface area contributed by atoms with Gasteiger partial charge >= 0.3 is 0 Å². The van der Waals surface area contributed by atoms with Crippen LogP contribution in [0.4, 0.5) is 14.7 Å². The molecule has 3 aromatic rings. The second-order valence-corrected chi connectivity index (χ2v) is 8.78. The van der Waals surface area contributed by atoms with Crippen LogP contribution in [0.1, 0.15) is 35.8 Å². The average molecular weight is 444 g/mol. The lowest BCUT2D eigenvalue weighted by molar-refractivity contribution is -0.119. The number of halogens is 2. The van der Waals surface area contributed by atoms with Gasteiger partial charge in [-0.1, -0.05) is 0 Å². The van der Waals surface area contributed by atoms with Crippen LogP contribution in [0.25, 0.3) is 11.0 Å². The number of hydrogen-bond donors (Lipinski definition) is 0. The van der Waals surface area contributed by atoms with Gasteiger partial charge < -0.3 is 14.4 Å². The molecule has 2 fully saturated rings. The van der Waals surface area contributed by atoms with E-state index in [2.05, 4.69) is 15.1 Å². The number of alkyl halides is 2. The molecule has 170 valence electrons. The first-order valence-corrected chi connectivity index (χ1v) is 10.8. The van der Waals surface area contributed by atoms with Gasteiger partial charge in [0, 0.05) is 49.8 Å². The van der Waals surface area contributed by atoms with Crippen molar-refractivity contribution in [3.8, 4) is 5.88 Å². The van der Waals surface area contributed by atoms with Crippen LogP contribution in [-0.2, 0) is 11.8 Å². The summed E-state index contributed by atoms with van der Waals surface area (Å²) in [5.41, 5.74) is 3.40. The monoisotopic (exact) mass is 444 g/mol. The standard InChI is InChI=1S/C22H26F2N6O2/c1-13-6-17-19(26-14(13)2)27-21(28-20(17)32-12-15-7-22(23,24)8-15)30-4-5-31-18(11-30)16-9-25-29(3)10-16/h6,9-10,15,18H,4-5,7-8,11-12H2,1-3H3. The Labute approximate surface area is 184 Å². The number of aromatic nitrogens is 5. The summed E-state index contributed by atoms with van der Waals surface area (Å²) in [4.78, 5) is 16.1. The zero-order valence-electron chi connectivity index (χ0n) is 18.4. The minimum absolute atomic E-state index is 0.143. The highest BCUT2D eigenvalue weighted by molar-refractivity contribution is 5.82. The van der Waals surface area contributed by atoms with Gasteiger partial charge in [0.15, 0.2) is 5.65 Å². The predicted octanol–water partition coefficient (Wildman–Crippen LogP) is 3.38. The number of hydrogen-bond acceptors (Lipinski definition) is 7. The topological polar surface area (TPSA) is 78.2 Å². The number of pyridine rings is 1. The molecule has 2 aliphatic rings. The molecule has 1 aliphatic carbocycles. The Morgan fingerprint density at radius 1 is 1.22 bits per heavy atom. The molecule has 0 spiro atoms. The number of rotatable bonds is 5. The second kappa shape index (κ2) is 7.91. The normalized spacial score (nSPS) is 21.0. The third-order valence-corrected chi connectivity index (χ3v) is 6.16. The van der Waals surface area contributed by atoms with E-state index in [1.165, 1.54) is 0 Å². The van der Waals surface area contributed by atoms with Crippen molar-refractivity contribution in [1.82, 2.24) is 24.7 Å². The molecule has 32 heavy (non-hydrogen) atoms. The zero-order chi connectivity index (χ0) is 22.5. The molecular formula is C22H26F2N6O2. The summed E-state index contributed by atoms with van der Waals surface area (Å²) in [6.07, 6.45) is 3.30. The Kier molecular flexibility index (Phi) is 5.19. The summed E-state index contributed by atoms with van der Waals surface area (Å²) in [7, 11) is 1.87. The Balaban J connectivity index is 1.44. The van der Waals surface area contributed by atoms with Gasteiger partial charge in [0.1, 0.15) is 6.10 Å². The lowest BCUT2D eigenvalue weighted by Crippen LogP contribution is -2.39. The molecule has 1 atom stereocenters. The fourth-order valence-corrected chi connectivity index (χ4v) is 4.20. The average Bonchev–Trinajstić information content (AvgIpc) is 3.18. The first-order chi connectivity index (χ1) is 15.3. The van der Waals surface area contributed by atoms with Gasteiger partial charge in [-0.25, -0.2) is 13.8 Å². The summed E-state index contributed by atoms with van der Waals surface area (Å²) >= 11 is 0. The molecule has 4 heterocycles. The minimum atomic E-state index is -2.57. The lowest BCUT2D eigenvalue weighted by atomic mass is 9.82. The SMILES string of the molecule is Cc1cc2c(OCC3CC(F)(F)C3)nc(N3CCOC(c4cnn(C)c4)C3)nc2nc1C. The van der Waals surface area contributed by atoms with Crippen molar-refractivity contribution in [2.45, 2.75) is 38.7 Å². The Morgan fingerprint density at radius 2 is 2.03 bits per heavy atom. The van der Waals surface area contributed by atoms with Gasteiger partial charge in [0.2, 0.25) is 17.8 Å². The lowest BCUT2D eigenvalue weighted by Gasteiger charge is -2.34. The fraction of sp³-hybridized carbons (Fsp3) is 0.545. The summed E-state index contributed by atoms with van der Waals surface area (Å²) < 4.78 is 40.1. The maximum absolute atomic E-state index is 13.2. The van der Waals surface area contributed by atoms with Gasteiger partial charge in [-0.3, -0.25) is 4.68 Å². The first kappa shape index (κ1) is 21.0. The van der Waals surface area contributed by atoms with Crippen LogP contribution < -0.4 is 9.64 Å². The molecule has 0 N–H and O–H groups in total. The number of aryl methyl sites for hydroxylation is 3. The van der Waals surface area contributed by atoms with E-state index in [-0.39, 0.29) is 31.5 Å². The summed E-state index contributed by atoms with van der Waals surface area (Å²) in [6, 6.07) is 1.95. The highest BCUT2D eigenvalue weighted by Crippen LogP contribution is 2.42. The largest absolute Gasteiger partial charge is 0.477 e. The van der Waals surface area contributed by atoms with Crippen LogP contribution in [0, 0.1) is 19.8 Å². The molecule has 1 unspecified atom stereocenters.